The first kappa shape index (κ1) is 22.3. The van der Waals surface area contributed by atoms with E-state index in [-0.39, 0.29) is 30.3 Å². The molecular formula is C28H21ClO4. The van der Waals surface area contributed by atoms with Crippen LogP contribution in [0.2, 0.25) is 0 Å². The molecule has 4 aromatic rings. The number of ether oxygens (including phenoxy) is 2. The summed E-state index contributed by atoms with van der Waals surface area (Å²) >= 11 is 5.88. The first-order valence-corrected chi connectivity index (χ1v) is 10.9. The molecule has 5 heteroatoms. The van der Waals surface area contributed by atoms with Crippen molar-refractivity contribution in [1.82, 2.24) is 0 Å². The fourth-order valence-corrected chi connectivity index (χ4v) is 3.21. The fourth-order valence-electron chi connectivity index (χ4n) is 3.07. The lowest BCUT2D eigenvalue weighted by atomic mass is 10.2. The average Bonchev–Trinajstić information content (AvgIpc) is 2.87. The Morgan fingerprint density at radius 2 is 1.39 bits per heavy atom. The van der Waals surface area contributed by atoms with Crippen molar-refractivity contribution in [3.05, 3.63) is 129 Å². The maximum atomic E-state index is 12.6. The zero-order chi connectivity index (χ0) is 22.9. The highest BCUT2D eigenvalue weighted by molar-refractivity contribution is 6.16. The smallest absolute Gasteiger partial charge is 0.227 e. The molecule has 0 amide bonds. The van der Waals surface area contributed by atoms with Crippen molar-refractivity contribution in [2.75, 3.05) is 0 Å². The maximum Gasteiger partial charge on any atom is 0.227 e. The highest BCUT2D eigenvalue weighted by Crippen LogP contribution is 2.21. The summed E-state index contributed by atoms with van der Waals surface area (Å²) in [6, 6.07) is 28.1. The third kappa shape index (κ3) is 6.29. The van der Waals surface area contributed by atoms with Gasteiger partial charge in [0.2, 0.25) is 11.2 Å². The number of hydrogen-bond acceptors (Lipinski definition) is 4. The standard InChI is InChI=1S/C28H21ClO4/c29-18-25-17-26(30)28(32-19-23-9-5-2-6-10-23)27(33-25)20-31-24-15-13-22(14-16-24)12-11-21-7-3-1-4-8-21/h1-10,13-17H,18-20H2. The maximum absolute atomic E-state index is 12.6. The van der Waals surface area contributed by atoms with Gasteiger partial charge in [0, 0.05) is 17.2 Å². The highest BCUT2D eigenvalue weighted by atomic mass is 35.5. The lowest BCUT2D eigenvalue weighted by Crippen LogP contribution is -2.13. The minimum absolute atomic E-state index is 0.0269. The van der Waals surface area contributed by atoms with Gasteiger partial charge in [0.25, 0.3) is 0 Å². The van der Waals surface area contributed by atoms with E-state index in [4.69, 9.17) is 25.5 Å². The number of benzene rings is 3. The molecule has 0 unspecified atom stereocenters. The Kier molecular flexibility index (Phi) is 7.48. The summed E-state index contributed by atoms with van der Waals surface area (Å²) < 4.78 is 17.4. The van der Waals surface area contributed by atoms with Crippen molar-refractivity contribution < 1.29 is 13.9 Å². The first-order valence-electron chi connectivity index (χ1n) is 10.4. The molecule has 0 bridgehead atoms. The lowest BCUT2D eigenvalue weighted by molar-refractivity contribution is 0.229. The molecule has 0 saturated heterocycles. The minimum Gasteiger partial charge on any atom is -0.486 e. The quantitative estimate of drug-likeness (QED) is 0.255. The molecule has 4 rings (SSSR count). The van der Waals surface area contributed by atoms with Crippen LogP contribution in [0.25, 0.3) is 0 Å². The molecule has 0 saturated carbocycles. The minimum atomic E-state index is -0.294. The van der Waals surface area contributed by atoms with Crippen LogP contribution in [0.15, 0.2) is 100 Å². The largest absolute Gasteiger partial charge is 0.486 e. The number of halogens is 1. The molecule has 33 heavy (non-hydrogen) atoms. The summed E-state index contributed by atoms with van der Waals surface area (Å²) in [5.41, 5.74) is 2.47. The van der Waals surface area contributed by atoms with Crippen LogP contribution in [0.3, 0.4) is 0 Å². The van der Waals surface area contributed by atoms with E-state index in [0.717, 1.165) is 16.7 Å². The Hall–Kier alpha value is -3.94. The molecule has 0 aliphatic carbocycles. The van der Waals surface area contributed by atoms with E-state index < -0.39 is 0 Å². The van der Waals surface area contributed by atoms with E-state index in [0.29, 0.717) is 17.3 Å². The van der Waals surface area contributed by atoms with Crippen molar-refractivity contribution in [3.8, 4) is 23.3 Å². The van der Waals surface area contributed by atoms with Crippen LogP contribution >= 0.6 is 11.6 Å². The average molecular weight is 457 g/mol. The zero-order valence-electron chi connectivity index (χ0n) is 17.8. The van der Waals surface area contributed by atoms with Gasteiger partial charge in [-0.3, -0.25) is 4.79 Å². The van der Waals surface area contributed by atoms with Crippen LogP contribution in [-0.4, -0.2) is 0 Å². The van der Waals surface area contributed by atoms with Gasteiger partial charge in [0.15, 0.2) is 5.76 Å². The molecule has 0 atom stereocenters. The summed E-state index contributed by atoms with van der Waals surface area (Å²) in [4.78, 5) is 12.6. The number of hydrogen-bond donors (Lipinski definition) is 0. The van der Waals surface area contributed by atoms with Gasteiger partial charge in [-0.15, -0.1) is 11.6 Å². The zero-order valence-corrected chi connectivity index (χ0v) is 18.5. The van der Waals surface area contributed by atoms with Crippen LogP contribution in [-0.2, 0) is 19.1 Å². The summed E-state index contributed by atoms with van der Waals surface area (Å²) in [6.45, 7) is 0.271. The fraction of sp³-hybridized carbons (Fsp3) is 0.107. The highest BCUT2D eigenvalue weighted by Gasteiger charge is 2.15. The number of rotatable bonds is 7. The third-order valence-corrected chi connectivity index (χ3v) is 4.99. The van der Waals surface area contributed by atoms with Crippen molar-refractivity contribution in [3.63, 3.8) is 0 Å². The number of alkyl halides is 1. The van der Waals surface area contributed by atoms with E-state index in [9.17, 15) is 4.79 Å². The van der Waals surface area contributed by atoms with E-state index in [1.54, 1.807) is 0 Å². The molecule has 0 spiro atoms. The second-order valence-electron chi connectivity index (χ2n) is 7.17. The molecule has 164 valence electrons. The molecule has 3 aromatic carbocycles. The Balaban J connectivity index is 1.46. The third-order valence-electron chi connectivity index (χ3n) is 4.73. The second-order valence-corrected chi connectivity index (χ2v) is 7.43. The van der Waals surface area contributed by atoms with Gasteiger partial charge in [-0.05, 0) is 42.0 Å². The lowest BCUT2D eigenvalue weighted by Gasteiger charge is -2.12. The predicted octanol–water partition coefficient (Wildman–Crippen LogP) is 5.94. The second kappa shape index (κ2) is 11.1. The first-order chi connectivity index (χ1) is 16.2. The molecular weight excluding hydrogens is 436 g/mol. The van der Waals surface area contributed by atoms with Gasteiger partial charge in [-0.1, -0.05) is 60.4 Å². The molecule has 1 heterocycles. The van der Waals surface area contributed by atoms with Crippen LogP contribution in [0.5, 0.6) is 11.5 Å². The van der Waals surface area contributed by atoms with Gasteiger partial charge in [-0.25, -0.2) is 0 Å². The summed E-state index contributed by atoms with van der Waals surface area (Å²) in [6.07, 6.45) is 0. The molecule has 1 aromatic heterocycles. The molecule has 0 aliphatic heterocycles. The van der Waals surface area contributed by atoms with Gasteiger partial charge >= 0.3 is 0 Å². The molecule has 0 N–H and O–H groups in total. The van der Waals surface area contributed by atoms with Gasteiger partial charge < -0.3 is 13.9 Å². The van der Waals surface area contributed by atoms with Crippen LogP contribution in [0, 0.1) is 11.8 Å². The normalized spacial score (nSPS) is 10.2. The van der Waals surface area contributed by atoms with E-state index >= 15 is 0 Å². The van der Waals surface area contributed by atoms with Crippen molar-refractivity contribution in [2.45, 2.75) is 19.1 Å². The van der Waals surface area contributed by atoms with E-state index in [2.05, 4.69) is 11.8 Å². The van der Waals surface area contributed by atoms with Gasteiger partial charge in [0.05, 0.1) is 5.88 Å². The molecule has 4 nitrogen and oxygen atoms in total. The molecule has 0 radical (unpaired) electrons. The van der Waals surface area contributed by atoms with Gasteiger partial charge in [-0.2, -0.15) is 0 Å². The molecule has 0 fully saturated rings. The van der Waals surface area contributed by atoms with Crippen LogP contribution in [0.1, 0.15) is 28.2 Å². The Morgan fingerprint density at radius 3 is 2.06 bits per heavy atom. The summed E-state index contributed by atoms with van der Waals surface area (Å²) in [5.74, 6) is 7.72. The summed E-state index contributed by atoms with van der Waals surface area (Å²) in [7, 11) is 0. The van der Waals surface area contributed by atoms with E-state index in [1.807, 2.05) is 84.9 Å². The predicted molar refractivity (Wildman–Crippen MR) is 129 cm³/mol. The topological polar surface area (TPSA) is 48.7 Å². The van der Waals surface area contributed by atoms with E-state index in [1.165, 1.54) is 6.07 Å². The van der Waals surface area contributed by atoms with Gasteiger partial charge in [0.1, 0.15) is 24.7 Å². The molecule has 0 aliphatic rings. The Bertz CT molecular complexity index is 1300. The van der Waals surface area contributed by atoms with Crippen LogP contribution < -0.4 is 14.9 Å². The summed E-state index contributed by atoms with van der Waals surface area (Å²) in [5, 5.41) is 0. The van der Waals surface area contributed by atoms with Crippen molar-refractivity contribution in [1.29, 1.82) is 0 Å². The SMILES string of the molecule is O=c1cc(CCl)oc(COc2ccc(C#Cc3ccccc3)cc2)c1OCc1ccccc1. The van der Waals surface area contributed by atoms with Crippen LogP contribution in [0.4, 0.5) is 0 Å². The monoisotopic (exact) mass is 456 g/mol. The van der Waals surface area contributed by atoms with Crippen molar-refractivity contribution >= 4 is 11.6 Å². The Labute approximate surface area is 197 Å². The van der Waals surface area contributed by atoms with Crippen molar-refractivity contribution in [2.24, 2.45) is 0 Å². The Morgan fingerprint density at radius 1 is 0.758 bits per heavy atom.